The quantitative estimate of drug-likeness (QED) is 0.569. The van der Waals surface area contributed by atoms with Crippen molar-refractivity contribution in [2.45, 2.75) is 19.1 Å². The second-order valence-electron chi connectivity index (χ2n) is 2.94. The minimum absolute atomic E-state index is 0.0389. The van der Waals surface area contributed by atoms with Crippen molar-refractivity contribution >= 4 is 41.4 Å². The molecule has 0 saturated carbocycles. The Balaban J connectivity index is 2.62. The average molecular weight is 256 g/mol. The molecule has 0 bridgehead atoms. The van der Waals surface area contributed by atoms with Gasteiger partial charge in [-0.3, -0.25) is 0 Å². The first-order valence-electron chi connectivity index (χ1n) is 4.08. The number of halogens is 2. The van der Waals surface area contributed by atoms with Crippen LogP contribution in [-0.2, 0) is 9.53 Å². The van der Waals surface area contributed by atoms with Crippen LogP contribution in [0.4, 0.5) is 0 Å². The van der Waals surface area contributed by atoms with E-state index in [0.717, 1.165) is 6.29 Å². The van der Waals surface area contributed by atoms with Gasteiger partial charge in [0.2, 0.25) is 0 Å². The lowest BCUT2D eigenvalue weighted by Gasteiger charge is -2.22. The van der Waals surface area contributed by atoms with E-state index in [1.807, 2.05) is 11.2 Å². The maximum Gasteiger partial charge on any atom is 0.143 e. The van der Waals surface area contributed by atoms with Crippen LogP contribution >= 0.6 is 35.1 Å². The predicted octanol–water partition coefficient (Wildman–Crippen LogP) is 2.20. The molecule has 0 fully saturated rings. The molecule has 1 heterocycles. The number of aldehydes is 1. The molecule has 14 heavy (non-hydrogen) atoms. The van der Waals surface area contributed by atoms with Crippen LogP contribution in [-0.4, -0.2) is 36.4 Å². The fourth-order valence-electron chi connectivity index (χ4n) is 1.05. The molecule has 0 radical (unpaired) electrons. The lowest BCUT2D eigenvalue weighted by molar-refractivity contribution is -0.110. The second kappa shape index (κ2) is 5.37. The Hall–Kier alpha value is 0.260. The standard InChI is InChI=1S/C8H11Cl2NO2S/c1-5(13-2)3-11-6(4-12)7(9)8(10)14-11/h4-6H,3H2,1-2H3. The summed E-state index contributed by atoms with van der Waals surface area (Å²) in [5.41, 5.74) is 0. The molecule has 2 unspecified atom stereocenters. The van der Waals surface area contributed by atoms with E-state index in [4.69, 9.17) is 27.9 Å². The molecular weight excluding hydrogens is 245 g/mol. The summed E-state index contributed by atoms with van der Waals surface area (Å²) in [6, 6.07) is -0.438. The van der Waals surface area contributed by atoms with E-state index in [1.54, 1.807) is 7.11 Å². The van der Waals surface area contributed by atoms with Crippen LogP contribution in [0.25, 0.3) is 0 Å². The third kappa shape index (κ3) is 2.64. The Kier molecular flexibility index (Phi) is 4.73. The third-order valence-electron chi connectivity index (χ3n) is 1.92. The summed E-state index contributed by atoms with van der Waals surface area (Å²) in [5.74, 6) is 0. The lowest BCUT2D eigenvalue weighted by atomic mass is 10.3. The highest BCUT2D eigenvalue weighted by atomic mass is 35.5. The number of rotatable bonds is 4. The molecule has 0 aromatic heterocycles. The zero-order valence-electron chi connectivity index (χ0n) is 7.87. The van der Waals surface area contributed by atoms with Crippen LogP contribution in [0.5, 0.6) is 0 Å². The van der Waals surface area contributed by atoms with Gasteiger partial charge in [-0.05, 0) is 18.9 Å². The van der Waals surface area contributed by atoms with E-state index in [0.29, 0.717) is 15.9 Å². The third-order valence-corrected chi connectivity index (χ3v) is 3.95. The van der Waals surface area contributed by atoms with Crippen molar-refractivity contribution in [1.29, 1.82) is 0 Å². The molecule has 0 saturated heterocycles. The fraction of sp³-hybridized carbons (Fsp3) is 0.625. The Morgan fingerprint density at radius 3 is 2.86 bits per heavy atom. The van der Waals surface area contributed by atoms with Gasteiger partial charge in [-0.15, -0.1) is 0 Å². The highest BCUT2D eigenvalue weighted by Gasteiger charge is 2.32. The lowest BCUT2D eigenvalue weighted by Crippen LogP contribution is -2.33. The SMILES string of the molecule is COC(C)CN1SC(Cl)=C(Cl)C1C=O. The summed E-state index contributed by atoms with van der Waals surface area (Å²) in [7, 11) is 1.62. The molecule has 0 amide bonds. The fourth-order valence-corrected chi connectivity index (χ4v) is 2.73. The van der Waals surface area contributed by atoms with Crippen molar-refractivity contribution in [1.82, 2.24) is 4.31 Å². The molecule has 0 N–H and O–H groups in total. The topological polar surface area (TPSA) is 29.5 Å². The van der Waals surface area contributed by atoms with Gasteiger partial charge in [-0.2, -0.15) is 0 Å². The van der Waals surface area contributed by atoms with Gasteiger partial charge in [0.1, 0.15) is 16.7 Å². The maximum absolute atomic E-state index is 10.8. The van der Waals surface area contributed by atoms with Gasteiger partial charge in [0.25, 0.3) is 0 Å². The first-order chi connectivity index (χ1) is 6.60. The molecule has 3 nitrogen and oxygen atoms in total. The number of carbonyl (C=O) groups excluding carboxylic acids is 1. The van der Waals surface area contributed by atoms with E-state index in [1.165, 1.54) is 11.9 Å². The summed E-state index contributed by atoms with van der Waals surface area (Å²) < 4.78 is 7.38. The summed E-state index contributed by atoms with van der Waals surface area (Å²) in [6.07, 6.45) is 0.824. The Morgan fingerprint density at radius 1 is 1.71 bits per heavy atom. The van der Waals surface area contributed by atoms with Crippen molar-refractivity contribution in [3.05, 3.63) is 9.40 Å². The molecule has 1 aliphatic heterocycles. The summed E-state index contributed by atoms with van der Waals surface area (Å²) in [6.45, 7) is 2.53. The molecule has 6 heteroatoms. The largest absolute Gasteiger partial charge is 0.380 e. The number of nitrogens with zero attached hydrogens (tertiary/aromatic N) is 1. The monoisotopic (exact) mass is 255 g/mol. The molecule has 0 spiro atoms. The number of carbonyl (C=O) groups is 1. The van der Waals surface area contributed by atoms with Gasteiger partial charge in [-0.25, -0.2) is 4.31 Å². The smallest absolute Gasteiger partial charge is 0.143 e. The van der Waals surface area contributed by atoms with E-state index in [-0.39, 0.29) is 6.10 Å². The predicted molar refractivity (Wildman–Crippen MR) is 59.4 cm³/mol. The molecule has 1 rings (SSSR count). The normalized spacial score (nSPS) is 25.6. The molecule has 0 aromatic carbocycles. The second-order valence-corrected chi connectivity index (χ2v) is 5.01. The Morgan fingerprint density at radius 2 is 2.36 bits per heavy atom. The summed E-state index contributed by atoms with van der Waals surface area (Å²) in [5, 5.41) is 0.398. The van der Waals surface area contributed by atoms with Crippen LogP contribution in [0.2, 0.25) is 0 Å². The summed E-state index contributed by atoms with van der Waals surface area (Å²) in [4.78, 5) is 10.8. The first kappa shape index (κ1) is 12.3. The van der Waals surface area contributed by atoms with Crippen LogP contribution in [0.1, 0.15) is 6.92 Å². The van der Waals surface area contributed by atoms with Gasteiger partial charge < -0.3 is 9.53 Å². The van der Waals surface area contributed by atoms with Crippen molar-refractivity contribution < 1.29 is 9.53 Å². The number of ether oxygens (including phenoxy) is 1. The van der Waals surface area contributed by atoms with Gasteiger partial charge in [-0.1, -0.05) is 23.2 Å². The van der Waals surface area contributed by atoms with Crippen LogP contribution in [0.3, 0.4) is 0 Å². The van der Waals surface area contributed by atoms with E-state index < -0.39 is 6.04 Å². The van der Waals surface area contributed by atoms with E-state index in [2.05, 4.69) is 0 Å². The van der Waals surface area contributed by atoms with Gasteiger partial charge >= 0.3 is 0 Å². The van der Waals surface area contributed by atoms with Crippen molar-refractivity contribution in [2.75, 3.05) is 13.7 Å². The molecule has 1 aliphatic rings. The minimum atomic E-state index is -0.438. The van der Waals surface area contributed by atoms with Crippen LogP contribution < -0.4 is 0 Å². The zero-order chi connectivity index (χ0) is 10.7. The number of methoxy groups -OCH3 is 1. The van der Waals surface area contributed by atoms with Crippen molar-refractivity contribution in [2.24, 2.45) is 0 Å². The molecule has 0 aromatic rings. The highest BCUT2D eigenvalue weighted by molar-refractivity contribution is 8.02. The van der Waals surface area contributed by atoms with Crippen LogP contribution in [0, 0.1) is 0 Å². The van der Waals surface area contributed by atoms with Gasteiger partial charge in [0.05, 0.1) is 11.1 Å². The van der Waals surface area contributed by atoms with E-state index >= 15 is 0 Å². The number of hydrogen-bond donors (Lipinski definition) is 0. The summed E-state index contributed by atoms with van der Waals surface area (Å²) >= 11 is 13.0. The van der Waals surface area contributed by atoms with Crippen molar-refractivity contribution in [3.63, 3.8) is 0 Å². The van der Waals surface area contributed by atoms with Gasteiger partial charge in [0.15, 0.2) is 0 Å². The maximum atomic E-state index is 10.8. The highest BCUT2D eigenvalue weighted by Crippen LogP contribution is 2.41. The molecular formula is C8H11Cl2NO2S. The molecule has 80 valence electrons. The molecule has 2 atom stereocenters. The zero-order valence-corrected chi connectivity index (χ0v) is 10.2. The average Bonchev–Trinajstić information content (AvgIpc) is 2.42. The minimum Gasteiger partial charge on any atom is -0.380 e. The molecule has 0 aliphatic carbocycles. The van der Waals surface area contributed by atoms with E-state index in [9.17, 15) is 4.79 Å². The van der Waals surface area contributed by atoms with Crippen LogP contribution in [0.15, 0.2) is 9.40 Å². The Labute approximate surface area is 97.5 Å². The van der Waals surface area contributed by atoms with Gasteiger partial charge in [0, 0.05) is 13.7 Å². The number of hydrogen-bond acceptors (Lipinski definition) is 4. The van der Waals surface area contributed by atoms with Crippen molar-refractivity contribution in [3.8, 4) is 0 Å². The first-order valence-corrected chi connectivity index (χ1v) is 5.61. The Bertz CT molecular complexity index is 260.